The first-order chi connectivity index (χ1) is 8.56. The maximum Gasteiger partial charge on any atom is 0.173 e. The van der Waals surface area contributed by atoms with E-state index >= 15 is 0 Å². The highest BCUT2D eigenvalue weighted by molar-refractivity contribution is 7.80. The number of nitrogens with zero attached hydrogens (tertiary/aromatic N) is 2. The van der Waals surface area contributed by atoms with Crippen molar-refractivity contribution in [3.05, 3.63) is 29.0 Å². The molecule has 0 atom stereocenters. The van der Waals surface area contributed by atoms with E-state index in [1.165, 1.54) is 12.1 Å². The van der Waals surface area contributed by atoms with Gasteiger partial charge in [-0.15, -0.1) is 0 Å². The topological polar surface area (TPSA) is 18.5 Å². The van der Waals surface area contributed by atoms with Crippen LogP contribution < -0.4 is 5.32 Å². The second-order valence-corrected chi connectivity index (χ2v) is 5.14. The van der Waals surface area contributed by atoms with Crippen LogP contribution in [0.2, 0.25) is 5.02 Å². The number of hydrogen-bond donors (Lipinski definition) is 1. The van der Waals surface area contributed by atoms with Crippen LogP contribution >= 0.6 is 23.8 Å². The number of rotatable bonds is 1. The largest absolute Gasteiger partial charge is 0.346 e. The zero-order chi connectivity index (χ0) is 13.1. The van der Waals surface area contributed by atoms with Gasteiger partial charge in [0.05, 0.1) is 5.02 Å². The quantitative estimate of drug-likeness (QED) is 0.799. The van der Waals surface area contributed by atoms with Crippen LogP contribution in [0, 0.1) is 5.82 Å². The van der Waals surface area contributed by atoms with Crippen LogP contribution in [-0.4, -0.2) is 48.1 Å². The molecule has 1 aliphatic heterocycles. The van der Waals surface area contributed by atoms with Gasteiger partial charge in [-0.1, -0.05) is 11.6 Å². The molecule has 0 saturated carbocycles. The number of benzene rings is 1. The molecule has 1 N–H and O–H groups in total. The summed E-state index contributed by atoms with van der Waals surface area (Å²) in [7, 11) is 2.09. The molecule has 1 heterocycles. The summed E-state index contributed by atoms with van der Waals surface area (Å²) >= 11 is 10.9. The number of anilines is 1. The number of piperazine rings is 1. The van der Waals surface area contributed by atoms with E-state index in [0.717, 1.165) is 26.2 Å². The van der Waals surface area contributed by atoms with Crippen LogP contribution in [-0.2, 0) is 0 Å². The maximum atomic E-state index is 13.3. The summed E-state index contributed by atoms with van der Waals surface area (Å²) in [6.07, 6.45) is 0. The second-order valence-electron chi connectivity index (χ2n) is 4.35. The molecule has 0 radical (unpaired) electrons. The first-order valence-electron chi connectivity index (χ1n) is 5.76. The number of likely N-dealkylation sites (N-methyl/N-ethyl adjacent to an activating group) is 1. The van der Waals surface area contributed by atoms with E-state index in [1.54, 1.807) is 6.07 Å². The highest BCUT2D eigenvalue weighted by Gasteiger charge is 2.16. The molecule has 0 unspecified atom stereocenters. The third-order valence-electron chi connectivity index (χ3n) is 2.96. The lowest BCUT2D eigenvalue weighted by molar-refractivity contribution is 0.217. The lowest BCUT2D eigenvalue weighted by Crippen LogP contribution is -2.48. The van der Waals surface area contributed by atoms with E-state index in [4.69, 9.17) is 23.8 Å². The average Bonchev–Trinajstić information content (AvgIpc) is 2.34. The van der Waals surface area contributed by atoms with Crippen LogP contribution in [0.25, 0.3) is 0 Å². The molecule has 1 aromatic rings. The minimum absolute atomic E-state index is 0.117. The molecule has 0 aliphatic carbocycles. The molecule has 1 saturated heterocycles. The maximum absolute atomic E-state index is 13.3. The van der Waals surface area contributed by atoms with Crippen molar-refractivity contribution in [3.63, 3.8) is 0 Å². The molecular weight excluding hydrogens is 273 g/mol. The predicted molar refractivity (Wildman–Crippen MR) is 76.7 cm³/mol. The van der Waals surface area contributed by atoms with Gasteiger partial charge in [0, 0.05) is 31.9 Å². The monoisotopic (exact) mass is 287 g/mol. The van der Waals surface area contributed by atoms with Gasteiger partial charge in [0.1, 0.15) is 5.82 Å². The summed E-state index contributed by atoms with van der Waals surface area (Å²) in [4.78, 5) is 4.34. The standard InChI is InChI=1S/C12H15ClFN3S/c1-16-4-6-17(7-5-16)12(18)15-9-2-3-10(13)11(14)8-9/h2-3,8H,4-7H2,1H3,(H,15,18). The Balaban J connectivity index is 1.96. The minimum atomic E-state index is -0.442. The molecule has 2 rings (SSSR count). The predicted octanol–water partition coefficient (Wildman–Crippen LogP) is 2.42. The van der Waals surface area contributed by atoms with E-state index < -0.39 is 5.82 Å². The normalized spacial score (nSPS) is 16.7. The van der Waals surface area contributed by atoms with E-state index in [-0.39, 0.29) is 5.02 Å². The summed E-state index contributed by atoms with van der Waals surface area (Å²) in [6.45, 7) is 3.74. The van der Waals surface area contributed by atoms with Crippen LogP contribution in [0.4, 0.5) is 10.1 Å². The van der Waals surface area contributed by atoms with Gasteiger partial charge in [-0.2, -0.15) is 0 Å². The number of thiocarbonyl (C=S) groups is 1. The van der Waals surface area contributed by atoms with Gasteiger partial charge in [0.15, 0.2) is 5.11 Å². The molecule has 1 aromatic carbocycles. The van der Waals surface area contributed by atoms with Crippen LogP contribution in [0.5, 0.6) is 0 Å². The smallest absolute Gasteiger partial charge is 0.173 e. The van der Waals surface area contributed by atoms with E-state index in [2.05, 4.69) is 22.2 Å². The third-order valence-corrected chi connectivity index (χ3v) is 3.63. The van der Waals surface area contributed by atoms with Crippen molar-refractivity contribution in [2.45, 2.75) is 0 Å². The van der Waals surface area contributed by atoms with Crippen molar-refractivity contribution in [2.24, 2.45) is 0 Å². The van der Waals surface area contributed by atoms with Crippen molar-refractivity contribution in [2.75, 3.05) is 38.5 Å². The molecule has 1 fully saturated rings. The third kappa shape index (κ3) is 3.31. The molecular formula is C12H15ClFN3S. The Kier molecular flexibility index (Phi) is 4.37. The molecule has 18 heavy (non-hydrogen) atoms. The van der Waals surface area contributed by atoms with E-state index in [9.17, 15) is 4.39 Å². The molecule has 1 aliphatic rings. The molecule has 98 valence electrons. The highest BCUT2D eigenvalue weighted by atomic mass is 35.5. The summed E-state index contributed by atoms with van der Waals surface area (Å²) in [5.74, 6) is -0.442. The fraction of sp³-hybridized carbons (Fsp3) is 0.417. The van der Waals surface area contributed by atoms with Crippen molar-refractivity contribution in [3.8, 4) is 0 Å². The summed E-state index contributed by atoms with van der Waals surface area (Å²) in [5, 5.41) is 3.78. The van der Waals surface area contributed by atoms with Crippen LogP contribution in [0.3, 0.4) is 0 Å². The zero-order valence-corrected chi connectivity index (χ0v) is 11.7. The first-order valence-corrected chi connectivity index (χ1v) is 6.54. The van der Waals surface area contributed by atoms with Gasteiger partial charge in [-0.3, -0.25) is 0 Å². The Hall–Kier alpha value is -0.910. The van der Waals surface area contributed by atoms with Gasteiger partial charge in [0.2, 0.25) is 0 Å². The molecule has 0 amide bonds. The lowest BCUT2D eigenvalue weighted by atomic mass is 10.3. The second kappa shape index (κ2) is 5.82. The van der Waals surface area contributed by atoms with Crippen molar-refractivity contribution in [1.29, 1.82) is 0 Å². The summed E-state index contributed by atoms with van der Waals surface area (Å²) < 4.78 is 13.3. The summed E-state index contributed by atoms with van der Waals surface area (Å²) in [6, 6.07) is 4.59. The fourth-order valence-electron chi connectivity index (χ4n) is 1.79. The number of halogens is 2. The van der Waals surface area contributed by atoms with Gasteiger partial charge >= 0.3 is 0 Å². The van der Waals surface area contributed by atoms with Gasteiger partial charge in [0.25, 0.3) is 0 Å². The highest BCUT2D eigenvalue weighted by Crippen LogP contribution is 2.19. The minimum Gasteiger partial charge on any atom is -0.346 e. The average molecular weight is 288 g/mol. The first kappa shape index (κ1) is 13.5. The lowest BCUT2D eigenvalue weighted by Gasteiger charge is -2.34. The molecule has 0 aromatic heterocycles. The summed E-state index contributed by atoms with van der Waals surface area (Å²) in [5.41, 5.74) is 0.626. The molecule has 0 bridgehead atoms. The Bertz CT molecular complexity index is 447. The molecule has 6 heteroatoms. The van der Waals surface area contributed by atoms with Crippen LogP contribution in [0.1, 0.15) is 0 Å². The van der Waals surface area contributed by atoms with Crippen molar-refractivity contribution < 1.29 is 4.39 Å². The molecule has 3 nitrogen and oxygen atoms in total. The van der Waals surface area contributed by atoms with Crippen molar-refractivity contribution in [1.82, 2.24) is 9.80 Å². The Morgan fingerprint density at radius 3 is 2.61 bits per heavy atom. The van der Waals surface area contributed by atoms with Gasteiger partial charge < -0.3 is 15.1 Å². The fourth-order valence-corrected chi connectivity index (χ4v) is 2.20. The van der Waals surface area contributed by atoms with Crippen LogP contribution in [0.15, 0.2) is 18.2 Å². The Morgan fingerprint density at radius 2 is 2.00 bits per heavy atom. The Morgan fingerprint density at radius 1 is 1.33 bits per heavy atom. The van der Waals surface area contributed by atoms with E-state index in [0.29, 0.717) is 10.8 Å². The number of nitrogens with one attached hydrogen (secondary N) is 1. The van der Waals surface area contributed by atoms with Crippen molar-refractivity contribution >= 4 is 34.6 Å². The Labute approximate surface area is 117 Å². The van der Waals surface area contributed by atoms with Gasteiger partial charge in [-0.25, -0.2) is 4.39 Å². The van der Waals surface area contributed by atoms with E-state index in [1.807, 2.05) is 0 Å². The zero-order valence-electron chi connectivity index (χ0n) is 10.1. The SMILES string of the molecule is CN1CCN(C(=S)Nc2ccc(Cl)c(F)c2)CC1. The van der Waals surface area contributed by atoms with Gasteiger partial charge in [-0.05, 0) is 37.5 Å². The number of hydrogen-bond acceptors (Lipinski definition) is 2. The molecule has 0 spiro atoms.